The first-order valence-corrected chi connectivity index (χ1v) is 8.55. The Bertz CT molecular complexity index is 729. The molecule has 1 aromatic heterocycles. The van der Waals surface area contributed by atoms with Crippen molar-refractivity contribution in [1.29, 1.82) is 0 Å². The lowest BCUT2D eigenvalue weighted by molar-refractivity contribution is -0.485. The number of fused-ring (bicyclic) bond motifs is 1. The van der Waals surface area contributed by atoms with Crippen molar-refractivity contribution in [3.63, 3.8) is 0 Å². The van der Waals surface area contributed by atoms with Crippen LogP contribution in [0, 0.1) is 10.1 Å². The van der Waals surface area contributed by atoms with E-state index in [-0.39, 0.29) is 5.96 Å². The molecule has 0 aliphatic rings. The zero-order chi connectivity index (χ0) is 17.5. The van der Waals surface area contributed by atoms with E-state index >= 15 is 0 Å². The summed E-state index contributed by atoms with van der Waals surface area (Å²) in [5.74, 6) is 2.20. The minimum absolute atomic E-state index is 0.183. The van der Waals surface area contributed by atoms with E-state index in [1.807, 2.05) is 14.1 Å². The van der Waals surface area contributed by atoms with Gasteiger partial charge < -0.3 is 20.4 Å². The fraction of sp³-hybridized carbons (Fsp3) is 0.400. The van der Waals surface area contributed by atoms with Crippen LogP contribution in [0.2, 0.25) is 0 Å². The van der Waals surface area contributed by atoms with Crippen molar-refractivity contribution in [3.8, 4) is 0 Å². The van der Waals surface area contributed by atoms with Crippen LogP contribution < -0.4 is 11.1 Å². The summed E-state index contributed by atoms with van der Waals surface area (Å²) in [7, 11) is 4.08. The summed E-state index contributed by atoms with van der Waals surface area (Å²) in [6, 6.07) is 6.34. The van der Waals surface area contributed by atoms with Gasteiger partial charge in [0, 0.05) is 29.6 Å². The molecule has 0 spiro atoms. The number of nitro groups is 1. The molecule has 0 amide bonds. The van der Waals surface area contributed by atoms with Crippen molar-refractivity contribution in [2.45, 2.75) is 12.3 Å². The van der Waals surface area contributed by atoms with Crippen LogP contribution in [0.25, 0.3) is 10.8 Å². The highest BCUT2D eigenvalue weighted by Crippen LogP contribution is 2.26. The molecule has 0 aliphatic heterocycles. The first-order valence-electron chi connectivity index (χ1n) is 7.39. The predicted octanol–water partition coefficient (Wildman–Crippen LogP) is 1.82. The van der Waals surface area contributed by atoms with Gasteiger partial charge in [-0.15, -0.1) is 0 Å². The maximum Gasteiger partial charge on any atom is 0.266 e. The summed E-state index contributed by atoms with van der Waals surface area (Å²) in [6.45, 7) is 1.38. The molecule has 2 aromatic rings. The predicted molar refractivity (Wildman–Crippen MR) is 96.4 cm³/mol. The molecule has 9 heteroatoms. The summed E-state index contributed by atoms with van der Waals surface area (Å²) in [4.78, 5) is 12.3. The van der Waals surface area contributed by atoms with E-state index in [0.717, 1.165) is 34.6 Å². The fourth-order valence-electron chi connectivity index (χ4n) is 2.26. The van der Waals surface area contributed by atoms with Gasteiger partial charge in [-0.2, -0.15) is 11.8 Å². The van der Waals surface area contributed by atoms with Crippen LogP contribution in [-0.2, 0) is 12.3 Å². The lowest BCUT2D eigenvalue weighted by Gasteiger charge is -2.09. The Hall–Kier alpha value is -2.26. The number of thioether (sulfide) groups is 1. The summed E-state index contributed by atoms with van der Waals surface area (Å²) >= 11 is 1.66. The molecule has 1 heterocycles. The normalized spacial score (nSPS) is 12.0. The van der Waals surface area contributed by atoms with Gasteiger partial charge in [-0.3, -0.25) is 0 Å². The van der Waals surface area contributed by atoms with Crippen LogP contribution in [0.3, 0.4) is 0 Å². The highest BCUT2D eigenvalue weighted by atomic mass is 32.2. The van der Waals surface area contributed by atoms with E-state index in [2.05, 4.69) is 33.5 Å². The number of rotatable bonds is 8. The molecular formula is C15H21N5O3S. The Balaban J connectivity index is 1.87. The van der Waals surface area contributed by atoms with Gasteiger partial charge in [0.2, 0.25) is 0 Å². The molecule has 24 heavy (non-hydrogen) atoms. The van der Waals surface area contributed by atoms with Gasteiger partial charge in [0.15, 0.2) is 5.03 Å². The molecule has 130 valence electrons. The summed E-state index contributed by atoms with van der Waals surface area (Å²) < 4.78 is 5.66. The fourth-order valence-corrected chi connectivity index (χ4v) is 3.06. The standard InChI is InChI=1S/C15H21N5O3S/c1-19(2)8-11-3-4-12-9-23-14(13(12)7-11)10-24-6-5-17-15(16)18-20(21)22/h3-4,7,9H,5-6,8,10H2,1-2H3,(H3,16,17,18). The molecule has 0 atom stereocenters. The summed E-state index contributed by atoms with van der Waals surface area (Å²) in [6.07, 6.45) is 1.77. The van der Waals surface area contributed by atoms with E-state index in [4.69, 9.17) is 10.2 Å². The highest BCUT2D eigenvalue weighted by Gasteiger charge is 2.08. The minimum Gasteiger partial charge on any atom is -0.467 e. The third-order valence-electron chi connectivity index (χ3n) is 3.22. The van der Waals surface area contributed by atoms with Crippen LogP contribution in [0.15, 0.2) is 34.0 Å². The molecule has 0 saturated carbocycles. The van der Waals surface area contributed by atoms with Crippen molar-refractivity contribution in [2.75, 3.05) is 26.4 Å². The number of nitrogens with one attached hydrogen (secondary N) is 1. The second kappa shape index (κ2) is 8.55. The van der Waals surface area contributed by atoms with Crippen molar-refractivity contribution >= 4 is 28.5 Å². The number of hydrogen-bond donors (Lipinski definition) is 2. The van der Waals surface area contributed by atoms with Gasteiger partial charge >= 0.3 is 0 Å². The average molecular weight is 351 g/mol. The molecule has 0 aliphatic carbocycles. The summed E-state index contributed by atoms with van der Waals surface area (Å²) in [5.41, 5.74) is 6.59. The largest absolute Gasteiger partial charge is 0.467 e. The lowest BCUT2D eigenvalue weighted by Crippen LogP contribution is -2.34. The molecule has 0 radical (unpaired) electrons. The topological polar surface area (TPSA) is 110 Å². The van der Waals surface area contributed by atoms with Gasteiger partial charge in [-0.25, -0.2) is 10.1 Å². The number of hydrazone groups is 1. The third-order valence-corrected chi connectivity index (χ3v) is 4.18. The molecule has 2 rings (SSSR count). The average Bonchev–Trinajstić information content (AvgIpc) is 2.88. The zero-order valence-electron chi connectivity index (χ0n) is 13.7. The van der Waals surface area contributed by atoms with Crippen LogP contribution in [0.1, 0.15) is 11.3 Å². The first kappa shape index (κ1) is 18.1. The minimum atomic E-state index is -0.824. The Labute approximate surface area is 144 Å². The van der Waals surface area contributed by atoms with Crippen molar-refractivity contribution < 1.29 is 9.45 Å². The smallest absolute Gasteiger partial charge is 0.266 e. The Kier molecular flexibility index (Phi) is 6.44. The molecule has 8 nitrogen and oxygen atoms in total. The molecule has 1 aromatic carbocycles. The van der Waals surface area contributed by atoms with E-state index in [0.29, 0.717) is 6.54 Å². The number of hydrogen-bond acceptors (Lipinski definition) is 5. The monoisotopic (exact) mass is 351 g/mol. The lowest BCUT2D eigenvalue weighted by atomic mass is 10.1. The van der Waals surface area contributed by atoms with Crippen LogP contribution >= 0.6 is 11.8 Å². The number of furan rings is 1. The third kappa shape index (κ3) is 5.43. The molecular weight excluding hydrogens is 330 g/mol. The van der Waals surface area contributed by atoms with Gasteiger partial charge in [0.25, 0.3) is 5.96 Å². The quantitative estimate of drug-likeness (QED) is 0.245. The summed E-state index contributed by atoms with van der Waals surface area (Å²) in [5, 5.41) is 17.2. The van der Waals surface area contributed by atoms with E-state index in [1.165, 1.54) is 5.56 Å². The second-order valence-electron chi connectivity index (χ2n) is 5.52. The van der Waals surface area contributed by atoms with Gasteiger partial charge in [-0.05, 0) is 25.7 Å². The second-order valence-corrected chi connectivity index (χ2v) is 6.63. The molecule has 0 fully saturated rings. The Morgan fingerprint density at radius 3 is 3.00 bits per heavy atom. The van der Waals surface area contributed by atoms with Gasteiger partial charge in [0.05, 0.1) is 12.0 Å². The number of benzene rings is 1. The van der Waals surface area contributed by atoms with E-state index < -0.39 is 5.03 Å². The van der Waals surface area contributed by atoms with Crippen LogP contribution in [0.4, 0.5) is 0 Å². The maximum absolute atomic E-state index is 10.2. The van der Waals surface area contributed by atoms with E-state index in [9.17, 15) is 10.1 Å². The van der Waals surface area contributed by atoms with Crippen molar-refractivity contribution in [2.24, 2.45) is 10.8 Å². The van der Waals surface area contributed by atoms with Crippen LogP contribution in [0.5, 0.6) is 0 Å². The Morgan fingerprint density at radius 2 is 2.29 bits per heavy atom. The first-order chi connectivity index (χ1) is 11.5. The highest BCUT2D eigenvalue weighted by molar-refractivity contribution is 7.98. The van der Waals surface area contributed by atoms with Crippen molar-refractivity contribution in [3.05, 3.63) is 45.9 Å². The molecule has 3 N–H and O–H groups in total. The van der Waals surface area contributed by atoms with E-state index in [1.54, 1.807) is 18.0 Å². The molecule has 0 saturated heterocycles. The van der Waals surface area contributed by atoms with Crippen LogP contribution in [-0.4, -0.2) is 42.3 Å². The van der Waals surface area contributed by atoms with Gasteiger partial charge in [-0.1, -0.05) is 12.1 Å². The number of guanidine groups is 1. The zero-order valence-corrected chi connectivity index (χ0v) is 14.5. The maximum atomic E-state index is 10.2. The van der Waals surface area contributed by atoms with Crippen molar-refractivity contribution in [1.82, 2.24) is 10.2 Å². The Morgan fingerprint density at radius 1 is 1.50 bits per heavy atom. The number of nitrogens with zero attached hydrogens (tertiary/aromatic N) is 3. The number of nitrogens with two attached hydrogens (primary N) is 1. The SMILES string of the molecule is CN(C)Cc1ccc2coc(CSCCNC(N)=N[N+](=O)[O-])c2c1. The molecule has 0 bridgehead atoms. The van der Waals surface area contributed by atoms with Gasteiger partial charge in [0.1, 0.15) is 10.9 Å². The molecule has 0 unspecified atom stereocenters.